The van der Waals surface area contributed by atoms with Gasteiger partial charge in [-0.05, 0) is 67.6 Å². The zero-order valence-corrected chi connectivity index (χ0v) is 15.4. The molecule has 0 saturated carbocycles. The molecular formula is C21H27NO2. The van der Waals surface area contributed by atoms with Crippen LogP contribution in [0.15, 0.2) is 36.4 Å². The van der Waals surface area contributed by atoms with Crippen LogP contribution in [0.3, 0.4) is 0 Å². The van der Waals surface area contributed by atoms with E-state index in [9.17, 15) is 4.79 Å². The predicted octanol–water partition coefficient (Wildman–Crippen LogP) is 4.93. The minimum absolute atomic E-state index is 0.0486. The van der Waals surface area contributed by atoms with E-state index in [1.54, 1.807) is 7.11 Å². The van der Waals surface area contributed by atoms with Crippen molar-refractivity contribution in [3.8, 4) is 5.75 Å². The van der Waals surface area contributed by atoms with Crippen molar-refractivity contribution >= 4 is 5.91 Å². The van der Waals surface area contributed by atoms with Crippen molar-refractivity contribution in [2.45, 2.75) is 46.6 Å². The molecule has 2 aromatic rings. The predicted molar refractivity (Wildman–Crippen MR) is 98.9 cm³/mol. The van der Waals surface area contributed by atoms with Crippen molar-refractivity contribution in [3.05, 3.63) is 64.2 Å². The Morgan fingerprint density at radius 2 is 1.75 bits per heavy atom. The second kappa shape index (κ2) is 7.52. The summed E-state index contributed by atoms with van der Waals surface area (Å²) in [6.45, 7) is 10.4. The van der Waals surface area contributed by atoms with Gasteiger partial charge in [-0.1, -0.05) is 31.5 Å². The molecule has 2 rings (SSSR count). The fourth-order valence-electron chi connectivity index (χ4n) is 2.95. The van der Waals surface area contributed by atoms with Gasteiger partial charge in [0.1, 0.15) is 5.75 Å². The van der Waals surface area contributed by atoms with Gasteiger partial charge >= 0.3 is 0 Å². The number of hydrogen-bond acceptors (Lipinski definition) is 2. The van der Waals surface area contributed by atoms with Gasteiger partial charge in [0.2, 0.25) is 0 Å². The topological polar surface area (TPSA) is 38.3 Å². The van der Waals surface area contributed by atoms with Crippen molar-refractivity contribution in [1.29, 1.82) is 0 Å². The van der Waals surface area contributed by atoms with Crippen LogP contribution in [-0.2, 0) is 0 Å². The molecule has 3 nitrogen and oxygen atoms in total. The van der Waals surface area contributed by atoms with Gasteiger partial charge in [-0.15, -0.1) is 0 Å². The summed E-state index contributed by atoms with van der Waals surface area (Å²) in [5, 5.41) is 3.10. The van der Waals surface area contributed by atoms with Crippen molar-refractivity contribution < 1.29 is 9.53 Å². The molecule has 0 heterocycles. The molecular weight excluding hydrogens is 298 g/mol. The smallest absolute Gasteiger partial charge is 0.251 e. The van der Waals surface area contributed by atoms with Crippen molar-refractivity contribution in [1.82, 2.24) is 5.32 Å². The normalized spacial score (nSPS) is 12.1. The van der Waals surface area contributed by atoms with E-state index in [-0.39, 0.29) is 11.9 Å². The Morgan fingerprint density at radius 1 is 1.04 bits per heavy atom. The molecule has 0 unspecified atom stereocenters. The van der Waals surface area contributed by atoms with E-state index in [0.29, 0.717) is 11.5 Å². The maximum absolute atomic E-state index is 12.5. The lowest BCUT2D eigenvalue weighted by atomic mass is 9.93. The molecule has 0 aliphatic rings. The Labute approximate surface area is 145 Å². The summed E-state index contributed by atoms with van der Waals surface area (Å²) in [5.41, 5.74) is 5.18. The van der Waals surface area contributed by atoms with Crippen LogP contribution in [-0.4, -0.2) is 13.0 Å². The van der Waals surface area contributed by atoms with Crippen LogP contribution in [0, 0.1) is 13.8 Å². The Morgan fingerprint density at radius 3 is 2.33 bits per heavy atom. The first-order chi connectivity index (χ1) is 11.3. The summed E-state index contributed by atoms with van der Waals surface area (Å²) in [4.78, 5) is 12.5. The molecule has 24 heavy (non-hydrogen) atoms. The van der Waals surface area contributed by atoms with Crippen molar-refractivity contribution in [3.63, 3.8) is 0 Å². The first-order valence-corrected chi connectivity index (χ1v) is 8.39. The highest BCUT2D eigenvalue weighted by Gasteiger charge is 2.17. The fourth-order valence-corrected chi connectivity index (χ4v) is 2.95. The summed E-state index contributed by atoms with van der Waals surface area (Å²) in [6.07, 6.45) is 0. The molecule has 3 heteroatoms. The Bertz CT molecular complexity index is 735. The Kier molecular flexibility index (Phi) is 5.66. The molecule has 128 valence electrons. The third-order valence-corrected chi connectivity index (χ3v) is 4.33. The lowest BCUT2D eigenvalue weighted by Gasteiger charge is -2.21. The van der Waals surface area contributed by atoms with E-state index in [1.165, 1.54) is 0 Å². The van der Waals surface area contributed by atoms with Crippen LogP contribution in [0.4, 0.5) is 0 Å². The maximum Gasteiger partial charge on any atom is 0.251 e. The van der Waals surface area contributed by atoms with Crippen LogP contribution in [0.2, 0.25) is 0 Å². The van der Waals surface area contributed by atoms with Gasteiger partial charge < -0.3 is 10.1 Å². The highest BCUT2D eigenvalue weighted by molar-refractivity contribution is 5.94. The minimum Gasteiger partial charge on any atom is -0.496 e. The first-order valence-electron chi connectivity index (χ1n) is 8.39. The van der Waals surface area contributed by atoms with Gasteiger partial charge in [0.05, 0.1) is 13.2 Å². The molecule has 0 radical (unpaired) electrons. The molecule has 2 aromatic carbocycles. The van der Waals surface area contributed by atoms with E-state index < -0.39 is 0 Å². The van der Waals surface area contributed by atoms with E-state index in [2.05, 4.69) is 38.2 Å². The SMILES string of the molecule is COc1cc(C)c([C@H](C)NC(=O)c2cccc(C)c2)cc1C(C)C. The van der Waals surface area contributed by atoms with Crippen LogP contribution in [0.1, 0.15) is 65.3 Å². The van der Waals surface area contributed by atoms with Gasteiger partial charge in [0.25, 0.3) is 5.91 Å². The average molecular weight is 325 g/mol. The summed E-state index contributed by atoms with van der Waals surface area (Å²) in [5.74, 6) is 1.22. The molecule has 0 spiro atoms. The monoisotopic (exact) mass is 325 g/mol. The summed E-state index contributed by atoms with van der Waals surface area (Å²) in [7, 11) is 1.70. The average Bonchev–Trinajstić information content (AvgIpc) is 2.53. The standard InChI is InChI=1S/C21H27NO2/c1-13(2)18-12-19(15(4)11-20(18)24-6)16(5)22-21(23)17-9-7-8-14(3)10-17/h7-13,16H,1-6H3,(H,22,23)/t16-/m0/s1. The number of ether oxygens (including phenoxy) is 1. The number of hydrogen-bond donors (Lipinski definition) is 1. The lowest BCUT2D eigenvalue weighted by molar-refractivity contribution is 0.0939. The molecule has 1 N–H and O–H groups in total. The van der Waals surface area contributed by atoms with Crippen molar-refractivity contribution in [2.75, 3.05) is 7.11 Å². The maximum atomic E-state index is 12.5. The third-order valence-electron chi connectivity index (χ3n) is 4.33. The van der Waals surface area contributed by atoms with E-state index in [0.717, 1.165) is 28.0 Å². The van der Waals surface area contributed by atoms with E-state index in [1.807, 2.05) is 38.1 Å². The number of amides is 1. The molecule has 0 aromatic heterocycles. The zero-order valence-electron chi connectivity index (χ0n) is 15.4. The summed E-state index contributed by atoms with van der Waals surface area (Å²) < 4.78 is 5.50. The van der Waals surface area contributed by atoms with Crippen LogP contribution < -0.4 is 10.1 Å². The first kappa shape index (κ1) is 18.1. The lowest BCUT2D eigenvalue weighted by Crippen LogP contribution is -2.27. The highest BCUT2D eigenvalue weighted by atomic mass is 16.5. The fraction of sp³-hybridized carbons (Fsp3) is 0.381. The largest absolute Gasteiger partial charge is 0.496 e. The van der Waals surface area contributed by atoms with Crippen LogP contribution >= 0.6 is 0 Å². The van der Waals surface area contributed by atoms with Gasteiger partial charge in [-0.25, -0.2) is 0 Å². The summed E-state index contributed by atoms with van der Waals surface area (Å²) in [6, 6.07) is 11.8. The number of nitrogens with one attached hydrogen (secondary N) is 1. The minimum atomic E-state index is -0.0681. The Balaban J connectivity index is 2.27. The quantitative estimate of drug-likeness (QED) is 0.847. The van der Waals surface area contributed by atoms with Gasteiger partial charge in [-0.2, -0.15) is 0 Å². The second-order valence-corrected chi connectivity index (χ2v) is 6.67. The molecule has 0 aliphatic carbocycles. The van der Waals surface area contributed by atoms with Crippen molar-refractivity contribution in [2.24, 2.45) is 0 Å². The van der Waals surface area contributed by atoms with Crippen LogP contribution in [0.25, 0.3) is 0 Å². The number of carbonyl (C=O) groups excluding carboxylic acids is 1. The molecule has 0 saturated heterocycles. The molecule has 0 aliphatic heterocycles. The van der Waals surface area contributed by atoms with Gasteiger partial charge in [0.15, 0.2) is 0 Å². The summed E-state index contributed by atoms with van der Waals surface area (Å²) >= 11 is 0. The van der Waals surface area contributed by atoms with E-state index in [4.69, 9.17) is 4.74 Å². The van der Waals surface area contributed by atoms with Crippen LogP contribution in [0.5, 0.6) is 5.75 Å². The molecule has 0 fully saturated rings. The number of methoxy groups -OCH3 is 1. The molecule has 1 atom stereocenters. The zero-order chi connectivity index (χ0) is 17.9. The number of carbonyl (C=O) groups is 1. The van der Waals surface area contributed by atoms with Gasteiger partial charge in [0, 0.05) is 5.56 Å². The molecule has 0 bridgehead atoms. The molecule has 1 amide bonds. The van der Waals surface area contributed by atoms with E-state index >= 15 is 0 Å². The van der Waals surface area contributed by atoms with Gasteiger partial charge in [-0.3, -0.25) is 4.79 Å². The third kappa shape index (κ3) is 3.97. The Hall–Kier alpha value is -2.29. The highest BCUT2D eigenvalue weighted by Crippen LogP contribution is 2.32. The second-order valence-electron chi connectivity index (χ2n) is 6.67. The number of rotatable bonds is 5. The number of benzene rings is 2. The number of aryl methyl sites for hydroxylation is 2.